The lowest BCUT2D eigenvalue weighted by Gasteiger charge is -2.35. The maximum absolute atomic E-state index is 7.31. The highest BCUT2D eigenvalue weighted by Gasteiger charge is 2.27. The van der Waals surface area contributed by atoms with Crippen LogP contribution in [0.5, 0.6) is 23.0 Å². The maximum atomic E-state index is 7.31. The van der Waals surface area contributed by atoms with Crippen molar-refractivity contribution in [2.75, 3.05) is 9.80 Å². The minimum Gasteiger partial charge on any atom is -0.456 e. The zero-order valence-electron chi connectivity index (χ0n) is 36.2. The predicted octanol–water partition coefficient (Wildman–Crippen LogP) is 16.7. The van der Waals surface area contributed by atoms with Crippen LogP contribution in [0.15, 0.2) is 152 Å². The standard InChI is InChI=1S/C54H53Cl2N3O2/c1-34(2)38(7)57(47-16-12-18-51(53(47)55)60-43-26-20-36(5)21-27-43)41-24-30-45-46-31-25-42(33-50(46)59(49(45)32-41)40-14-10-9-11-15-40)58(39(8)35(3)4)48-17-13-19-52(54(48)56)61-44-28-22-37(6)23-29-44/h9-35,38-39H,1-8H3/t38-,39+. The van der Waals surface area contributed by atoms with Gasteiger partial charge in [-0.25, -0.2) is 0 Å². The summed E-state index contributed by atoms with van der Waals surface area (Å²) < 4.78 is 15.1. The number of fused-ring (bicyclic) bond motifs is 3. The minimum absolute atomic E-state index is 0.104. The Labute approximate surface area is 370 Å². The number of nitrogens with zero attached hydrogens (tertiary/aromatic N) is 3. The molecule has 0 spiro atoms. The van der Waals surface area contributed by atoms with Crippen LogP contribution < -0.4 is 19.3 Å². The molecule has 61 heavy (non-hydrogen) atoms. The average molecular weight is 847 g/mol. The van der Waals surface area contributed by atoms with Gasteiger partial charge in [-0.3, -0.25) is 0 Å². The molecule has 0 amide bonds. The van der Waals surface area contributed by atoms with Crippen molar-refractivity contribution in [3.05, 3.63) is 173 Å². The second-order valence-electron chi connectivity index (χ2n) is 16.8. The van der Waals surface area contributed by atoms with Crippen molar-refractivity contribution >= 4 is 67.8 Å². The van der Waals surface area contributed by atoms with Gasteiger partial charge in [0.1, 0.15) is 33.0 Å². The number of ether oxygens (including phenoxy) is 2. The zero-order valence-corrected chi connectivity index (χ0v) is 37.7. The SMILES string of the molecule is Cc1ccc(Oc2cccc(N(c3ccc4c5ccc(N(c6cccc(Oc7ccc(C)cc7)c6Cl)[C@@H](C)C(C)C)cc5n(-c5ccccc5)c4c3)[C@H](C)C(C)C)c2Cl)cc1. The van der Waals surface area contributed by atoms with Gasteiger partial charge in [0.2, 0.25) is 0 Å². The zero-order chi connectivity index (χ0) is 42.9. The molecular formula is C54H53Cl2N3O2. The van der Waals surface area contributed by atoms with Crippen molar-refractivity contribution in [2.24, 2.45) is 11.8 Å². The molecule has 1 aromatic heterocycles. The topological polar surface area (TPSA) is 29.9 Å². The number of aromatic nitrogens is 1. The molecule has 0 radical (unpaired) electrons. The number of hydrogen-bond donors (Lipinski definition) is 0. The van der Waals surface area contributed by atoms with Gasteiger partial charge in [0.15, 0.2) is 0 Å². The van der Waals surface area contributed by atoms with Crippen LogP contribution >= 0.6 is 23.2 Å². The Balaban J connectivity index is 1.28. The average Bonchev–Trinajstić information content (AvgIpc) is 3.58. The predicted molar refractivity (Wildman–Crippen MR) is 259 cm³/mol. The van der Waals surface area contributed by atoms with Gasteiger partial charge in [-0.15, -0.1) is 0 Å². The molecule has 0 unspecified atom stereocenters. The van der Waals surface area contributed by atoms with Gasteiger partial charge in [-0.05, 0) is 124 Å². The number of rotatable bonds is 13. The van der Waals surface area contributed by atoms with Crippen LogP contribution in [0.4, 0.5) is 22.7 Å². The summed E-state index contributed by atoms with van der Waals surface area (Å²) in [6.07, 6.45) is 0. The van der Waals surface area contributed by atoms with E-state index < -0.39 is 0 Å². The van der Waals surface area contributed by atoms with Crippen molar-refractivity contribution in [2.45, 2.75) is 67.5 Å². The molecule has 2 atom stereocenters. The third-order valence-electron chi connectivity index (χ3n) is 12.0. The molecule has 0 saturated carbocycles. The molecule has 310 valence electrons. The highest BCUT2D eigenvalue weighted by Crippen LogP contribution is 2.46. The van der Waals surface area contributed by atoms with Crippen molar-refractivity contribution < 1.29 is 9.47 Å². The van der Waals surface area contributed by atoms with Crippen molar-refractivity contribution in [3.8, 4) is 28.7 Å². The summed E-state index contributed by atoms with van der Waals surface area (Å²) in [7, 11) is 0. The van der Waals surface area contributed by atoms with E-state index in [1.165, 1.54) is 11.1 Å². The van der Waals surface area contributed by atoms with E-state index in [0.29, 0.717) is 33.4 Å². The van der Waals surface area contributed by atoms with E-state index in [4.69, 9.17) is 32.7 Å². The fourth-order valence-electron chi connectivity index (χ4n) is 7.93. The van der Waals surface area contributed by atoms with E-state index in [9.17, 15) is 0 Å². The Hall–Kier alpha value is -5.88. The van der Waals surface area contributed by atoms with E-state index in [0.717, 1.165) is 61.7 Å². The number of anilines is 4. The summed E-state index contributed by atoms with van der Waals surface area (Å²) >= 11 is 14.6. The van der Waals surface area contributed by atoms with Crippen molar-refractivity contribution in [3.63, 3.8) is 0 Å². The lowest BCUT2D eigenvalue weighted by atomic mass is 10.0. The first-order chi connectivity index (χ1) is 29.4. The van der Waals surface area contributed by atoms with Crippen LogP contribution in [0.2, 0.25) is 10.0 Å². The van der Waals surface area contributed by atoms with Crippen LogP contribution in [0.3, 0.4) is 0 Å². The smallest absolute Gasteiger partial charge is 0.148 e. The number of halogens is 2. The quantitative estimate of drug-likeness (QED) is 0.116. The van der Waals surface area contributed by atoms with Crippen LogP contribution in [0.1, 0.15) is 52.7 Å². The molecule has 5 nitrogen and oxygen atoms in total. The molecule has 0 saturated heterocycles. The molecule has 7 heteroatoms. The number of benzene rings is 7. The van der Waals surface area contributed by atoms with Gasteiger partial charge in [-0.1, -0.05) is 129 Å². The van der Waals surface area contributed by atoms with Crippen molar-refractivity contribution in [1.82, 2.24) is 4.57 Å². The summed E-state index contributed by atoms with van der Waals surface area (Å²) in [5.41, 5.74) is 9.45. The third-order valence-corrected chi connectivity index (χ3v) is 12.7. The number of hydrogen-bond acceptors (Lipinski definition) is 4. The lowest BCUT2D eigenvalue weighted by Crippen LogP contribution is -2.33. The molecule has 8 rings (SSSR count). The highest BCUT2D eigenvalue weighted by molar-refractivity contribution is 6.35. The largest absolute Gasteiger partial charge is 0.456 e. The monoisotopic (exact) mass is 845 g/mol. The molecule has 8 aromatic rings. The lowest BCUT2D eigenvalue weighted by molar-refractivity contribution is 0.481. The Morgan fingerprint density at radius 1 is 0.459 bits per heavy atom. The summed E-state index contributed by atoms with van der Waals surface area (Å²) in [4.78, 5) is 4.71. The van der Waals surface area contributed by atoms with Crippen molar-refractivity contribution in [1.29, 1.82) is 0 Å². The van der Waals surface area contributed by atoms with Gasteiger partial charge in [-0.2, -0.15) is 0 Å². The number of aryl methyl sites for hydroxylation is 2. The van der Waals surface area contributed by atoms with Gasteiger partial charge in [0, 0.05) is 39.9 Å². The molecular weight excluding hydrogens is 794 g/mol. The molecule has 7 aromatic carbocycles. The highest BCUT2D eigenvalue weighted by atomic mass is 35.5. The van der Waals surface area contributed by atoms with Crippen LogP contribution in [-0.4, -0.2) is 16.7 Å². The molecule has 0 aliphatic carbocycles. The van der Waals surface area contributed by atoms with Gasteiger partial charge in [0.05, 0.1) is 22.4 Å². The second kappa shape index (κ2) is 17.6. The van der Waals surface area contributed by atoms with E-state index in [2.05, 4.69) is 149 Å². The Morgan fingerprint density at radius 2 is 0.869 bits per heavy atom. The Morgan fingerprint density at radius 3 is 1.26 bits per heavy atom. The minimum atomic E-state index is 0.104. The van der Waals surface area contributed by atoms with E-state index in [1.54, 1.807) is 0 Å². The van der Waals surface area contributed by atoms with Crippen LogP contribution in [-0.2, 0) is 0 Å². The van der Waals surface area contributed by atoms with E-state index in [-0.39, 0.29) is 12.1 Å². The fourth-order valence-corrected chi connectivity index (χ4v) is 8.44. The van der Waals surface area contributed by atoms with Crippen LogP contribution in [0.25, 0.3) is 27.5 Å². The first kappa shape index (κ1) is 41.8. The molecule has 0 aliphatic heterocycles. The first-order valence-corrected chi connectivity index (χ1v) is 21.9. The summed E-state index contributed by atoms with van der Waals surface area (Å²) in [6.45, 7) is 17.6. The maximum Gasteiger partial charge on any atom is 0.148 e. The summed E-state index contributed by atoms with van der Waals surface area (Å²) in [5, 5.41) is 3.44. The first-order valence-electron chi connectivity index (χ1n) is 21.2. The normalized spacial score (nSPS) is 12.6. The fraction of sp³-hybridized carbons (Fsp3) is 0.222. The third kappa shape index (κ3) is 8.42. The molecule has 0 fully saturated rings. The van der Waals surface area contributed by atoms with Gasteiger partial charge in [0.25, 0.3) is 0 Å². The number of para-hydroxylation sites is 1. The molecule has 0 aliphatic rings. The molecule has 0 bridgehead atoms. The Bertz CT molecular complexity index is 2620. The second-order valence-corrected chi connectivity index (χ2v) is 17.5. The molecule has 1 heterocycles. The van der Waals surface area contributed by atoms with Crippen LogP contribution in [0, 0.1) is 25.7 Å². The summed E-state index contributed by atoms with van der Waals surface area (Å²) in [5.74, 6) is 3.35. The summed E-state index contributed by atoms with van der Waals surface area (Å²) in [6, 6.07) is 52.5. The van der Waals surface area contributed by atoms with E-state index >= 15 is 0 Å². The Kier molecular flexibility index (Phi) is 12.1. The molecule has 0 N–H and O–H groups in total. The van der Waals surface area contributed by atoms with Gasteiger partial charge < -0.3 is 23.8 Å². The van der Waals surface area contributed by atoms with Gasteiger partial charge >= 0.3 is 0 Å². The van der Waals surface area contributed by atoms with E-state index in [1.807, 2.05) is 72.8 Å².